The largest absolute Gasteiger partial charge is 0.384 e. The lowest BCUT2D eigenvalue weighted by atomic mass is 10.1. The molecule has 3 N–H and O–H groups in total. The number of thiophene rings is 1. The van der Waals surface area contributed by atoms with Crippen LogP contribution in [-0.2, 0) is 6.42 Å². The average Bonchev–Trinajstić information content (AvgIpc) is 2.93. The fourth-order valence-corrected chi connectivity index (χ4v) is 3.06. The van der Waals surface area contributed by atoms with Crippen LogP contribution in [0, 0.1) is 19.3 Å². The molecule has 0 saturated heterocycles. The third-order valence-corrected chi connectivity index (χ3v) is 4.68. The molecule has 0 amide bonds. The number of likely N-dealkylation sites (N-methyl/N-ethyl adjacent to an activating group) is 1. The lowest BCUT2D eigenvalue weighted by Crippen LogP contribution is -2.34. The van der Waals surface area contributed by atoms with Gasteiger partial charge in [-0.2, -0.15) is 5.10 Å². The molecule has 0 aliphatic heterocycles. The second kappa shape index (κ2) is 6.22. The van der Waals surface area contributed by atoms with Gasteiger partial charge in [0.05, 0.1) is 11.3 Å². The van der Waals surface area contributed by atoms with Gasteiger partial charge in [0.2, 0.25) is 0 Å². The smallest absolute Gasteiger partial charge is 0.162 e. The summed E-state index contributed by atoms with van der Waals surface area (Å²) in [5, 5.41) is 18.4. The monoisotopic (exact) mass is 303 g/mol. The predicted octanol–water partition coefficient (Wildman–Crippen LogP) is 2.51. The molecule has 1 atom stereocenters. The molecule has 112 valence electrons. The van der Waals surface area contributed by atoms with Crippen LogP contribution in [0.15, 0.2) is 17.5 Å². The van der Waals surface area contributed by atoms with Gasteiger partial charge in [0.25, 0.3) is 0 Å². The van der Waals surface area contributed by atoms with Crippen LogP contribution >= 0.6 is 11.3 Å². The van der Waals surface area contributed by atoms with Crippen LogP contribution in [0.2, 0.25) is 0 Å². The van der Waals surface area contributed by atoms with Crippen LogP contribution in [0.25, 0.3) is 0 Å². The van der Waals surface area contributed by atoms with Gasteiger partial charge in [0, 0.05) is 24.4 Å². The van der Waals surface area contributed by atoms with Gasteiger partial charge >= 0.3 is 0 Å². The van der Waals surface area contributed by atoms with E-state index in [-0.39, 0.29) is 11.9 Å². The number of aryl methyl sites for hydroxylation is 1. The van der Waals surface area contributed by atoms with Gasteiger partial charge in [-0.3, -0.25) is 5.41 Å². The van der Waals surface area contributed by atoms with Crippen molar-refractivity contribution in [2.24, 2.45) is 5.73 Å². The summed E-state index contributed by atoms with van der Waals surface area (Å²) in [6, 6.07) is 4.44. The first-order valence-electron chi connectivity index (χ1n) is 6.85. The van der Waals surface area contributed by atoms with Crippen LogP contribution in [0.3, 0.4) is 0 Å². The van der Waals surface area contributed by atoms with Crippen molar-refractivity contribution in [3.63, 3.8) is 0 Å². The zero-order valence-electron chi connectivity index (χ0n) is 12.8. The number of nitrogen functional groups attached to an aromatic ring is 1. The lowest BCUT2D eigenvalue weighted by molar-refractivity contribution is 0.672. The van der Waals surface area contributed by atoms with Gasteiger partial charge in [-0.05, 0) is 37.8 Å². The van der Waals surface area contributed by atoms with E-state index in [1.54, 1.807) is 11.3 Å². The maximum Gasteiger partial charge on any atom is 0.162 e. The first-order chi connectivity index (χ1) is 9.91. The molecule has 0 saturated carbocycles. The molecule has 2 heterocycles. The first kappa shape index (κ1) is 15.4. The molecule has 2 aromatic rings. The highest BCUT2D eigenvalue weighted by molar-refractivity contribution is 7.09. The number of hydrogen-bond donors (Lipinski definition) is 2. The third-order valence-electron chi connectivity index (χ3n) is 3.78. The van der Waals surface area contributed by atoms with E-state index in [2.05, 4.69) is 39.5 Å². The van der Waals surface area contributed by atoms with E-state index in [1.165, 1.54) is 4.88 Å². The standard InChI is InChI=1S/C15H21N5S/c1-9(8-12-6-5-7-21-12)20(4)15-13(14(16)17)10(2)11(3)18-19-15/h5-7,9H,8H2,1-4H3,(H3,16,17). The molecule has 0 aliphatic carbocycles. The molecule has 6 heteroatoms. The number of rotatable bonds is 5. The van der Waals surface area contributed by atoms with Crippen molar-refractivity contribution in [2.45, 2.75) is 33.2 Å². The molecule has 0 aliphatic rings. The molecular weight excluding hydrogens is 282 g/mol. The van der Waals surface area contributed by atoms with E-state index in [1.807, 2.05) is 20.9 Å². The van der Waals surface area contributed by atoms with Crippen molar-refractivity contribution >= 4 is 23.0 Å². The van der Waals surface area contributed by atoms with Crippen LogP contribution in [0.1, 0.15) is 28.6 Å². The lowest BCUT2D eigenvalue weighted by Gasteiger charge is -2.27. The molecule has 1 unspecified atom stereocenters. The van der Waals surface area contributed by atoms with E-state index in [4.69, 9.17) is 11.1 Å². The third kappa shape index (κ3) is 3.21. The van der Waals surface area contributed by atoms with Crippen LogP contribution < -0.4 is 10.6 Å². The first-order valence-corrected chi connectivity index (χ1v) is 7.73. The molecule has 0 bridgehead atoms. The quantitative estimate of drug-likeness (QED) is 0.657. The SMILES string of the molecule is Cc1nnc(N(C)C(C)Cc2cccs2)c(C(=N)N)c1C. The van der Waals surface area contributed by atoms with Crippen molar-refractivity contribution in [2.75, 3.05) is 11.9 Å². The Bertz CT molecular complexity index is 636. The minimum absolute atomic E-state index is 0.0377. The van der Waals surface area contributed by atoms with Gasteiger partial charge in [0.15, 0.2) is 5.82 Å². The maximum atomic E-state index is 7.83. The van der Waals surface area contributed by atoms with E-state index in [0.717, 1.165) is 17.7 Å². The number of nitrogens with zero attached hydrogens (tertiary/aromatic N) is 3. The highest BCUT2D eigenvalue weighted by atomic mass is 32.1. The van der Waals surface area contributed by atoms with Gasteiger partial charge in [0.1, 0.15) is 5.84 Å². The number of amidine groups is 1. The Labute approximate surface area is 129 Å². The molecule has 5 nitrogen and oxygen atoms in total. The Morgan fingerprint density at radius 2 is 2.14 bits per heavy atom. The van der Waals surface area contributed by atoms with Crippen molar-refractivity contribution in [1.82, 2.24) is 10.2 Å². The Morgan fingerprint density at radius 3 is 2.71 bits per heavy atom. The van der Waals surface area contributed by atoms with Crippen molar-refractivity contribution in [3.05, 3.63) is 39.2 Å². The molecule has 2 rings (SSSR count). The van der Waals surface area contributed by atoms with Crippen LogP contribution in [0.4, 0.5) is 5.82 Å². The van der Waals surface area contributed by atoms with E-state index in [9.17, 15) is 0 Å². The number of hydrogen-bond acceptors (Lipinski definition) is 5. The van der Waals surface area contributed by atoms with Crippen LogP contribution in [0.5, 0.6) is 0 Å². The summed E-state index contributed by atoms with van der Waals surface area (Å²) < 4.78 is 0. The topological polar surface area (TPSA) is 78.9 Å². The van der Waals surface area contributed by atoms with Gasteiger partial charge in [-0.15, -0.1) is 16.4 Å². The van der Waals surface area contributed by atoms with Crippen molar-refractivity contribution in [3.8, 4) is 0 Å². The Balaban J connectivity index is 2.32. The summed E-state index contributed by atoms with van der Waals surface area (Å²) in [6.45, 7) is 5.95. The second-order valence-corrected chi connectivity index (χ2v) is 6.30. The predicted molar refractivity (Wildman–Crippen MR) is 88.4 cm³/mol. The summed E-state index contributed by atoms with van der Waals surface area (Å²) in [5.41, 5.74) is 8.16. The van der Waals surface area contributed by atoms with E-state index in [0.29, 0.717) is 11.4 Å². The second-order valence-electron chi connectivity index (χ2n) is 5.27. The molecule has 21 heavy (non-hydrogen) atoms. The number of nitrogens with two attached hydrogens (primary N) is 1. The summed E-state index contributed by atoms with van der Waals surface area (Å²) in [4.78, 5) is 3.38. The maximum absolute atomic E-state index is 7.83. The highest BCUT2D eigenvalue weighted by Crippen LogP contribution is 2.24. The minimum atomic E-state index is 0.0377. The van der Waals surface area contributed by atoms with Gasteiger partial charge in [-0.1, -0.05) is 6.07 Å². The zero-order chi connectivity index (χ0) is 15.6. The molecule has 0 radical (unpaired) electrons. The Hall–Kier alpha value is -1.95. The van der Waals surface area contributed by atoms with E-state index < -0.39 is 0 Å². The summed E-state index contributed by atoms with van der Waals surface area (Å²) >= 11 is 1.75. The molecular formula is C15H21N5S. The number of anilines is 1. The minimum Gasteiger partial charge on any atom is -0.384 e. The number of aromatic nitrogens is 2. The zero-order valence-corrected chi connectivity index (χ0v) is 13.7. The van der Waals surface area contributed by atoms with Crippen molar-refractivity contribution in [1.29, 1.82) is 5.41 Å². The van der Waals surface area contributed by atoms with Gasteiger partial charge < -0.3 is 10.6 Å². The fourth-order valence-electron chi connectivity index (χ4n) is 2.23. The van der Waals surface area contributed by atoms with Gasteiger partial charge in [-0.25, -0.2) is 0 Å². The molecule has 0 aromatic carbocycles. The fraction of sp³-hybridized carbons (Fsp3) is 0.400. The van der Waals surface area contributed by atoms with E-state index >= 15 is 0 Å². The summed E-state index contributed by atoms with van der Waals surface area (Å²) in [6.07, 6.45) is 0.931. The molecule has 0 spiro atoms. The molecule has 0 fully saturated rings. The van der Waals surface area contributed by atoms with Crippen LogP contribution in [-0.4, -0.2) is 29.1 Å². The molecule has 2 aromatic heterocycles. The average molecular weight is 303 g/mol. The Kier molecular flexibility index (Phi) is 4.57. The Morgan fingerprint density at radius 1 is 1.43 bits per heavy atom. The highest BCUT2D eigenvalue weighted by Gasteiger charge is 2.20. The summed E-state index contributed by atoms with van der Waals surface area (Å²) in [7, 11) is 1.98. The summed E-state index contributed by atoms with van der Waals surface area (Å²) in [5.74, 6) is 0.713. The number of nitrogens with one attached hydrogen (secondary N) is 1. The normalized spacial score (nSPS) is 12.2. The van der Waals surface area contributed by atoms with Crippen molar-refractivity contribution < 1.29 is 0 Å².